The van der Waals surface area contributed by atoms with E-state index in [1.807, 2.05) is 12.3 Å². The van der Waals surface area contributed by atoms with E-state index in [4.69, 9.17) is 0 Å². The van der Waals surface area contributed by atoms with Gasteiger partial charge >= 0.3 is 0 Å². The van der Waals surface area contributed by atoms with Gasteiger partial charge in [-0.2, -0.15) is 0 Å². The molecule has 0 aliphatic carbocycles. The van der Waals surface area contributed by atoms with Crippen LogP contribution in [0.3, 0.4) is 0 Å². The summed E-state index contributed by atoms with van der Waals surface area (Å²) in [5, 5.41) is 0. The maximum absolute atomic E-state index is 13.2. The van der Waals surface area contributed by atoms with Gasteiger partial charge in [0, 0.05) is 13.1 Å². The number of rotatable bonds is 10. The third-order valence-corrected chi connectivity index (χ3v) is 4.77. The lowest BCUT2D eigenvalue weighted by Gasteiger charge is -2.22. The standard InChI is InChI=1S/C23H28FN3/c1-2-3-4-5-9-16-27(18-19-10-7-6-8-11-19)23-25-17-22(26-23)20-12-14-21(24)15-13-20/h6-8,10-15,17H,2-5,9,16,18H2,1H3,(H,25,26). The van der Waals surface area contributed by atoms with E-state index in [9.17, 15) is 4.39 Å². The van der Waals surface area contributed by atoms with Gasteiger partial charge in [0.15, 0.2) is 0 Å². The number of H-pyrrole nitrogens is 1. The minimum absolute atomic E-state index is 0.226. The van der Waals surface area contributed by atoms with Crippen molar-refractivity contribution >= 4 is 5.95 Å². The van der Waals surface area contributed by atoms with Crippen LogP contribution in [0.15, 0.2) is 60.8 Å². The Morgan fingerprint density at radius 2 is 1.67 bits per heavy atom. The Bertz CT molecular complexity index is 796. The summed E-state index contributed by atoms with van der Waals surface area (Å²) in [6, 6.07) is 17.0. The Balaban J connectivity index is 1.72. The first-order chi connectivity index (χ1) is 13.3. The van der Waals surface area contributed by atoms with Gasteiger partial charge in [-0.1, -0.05) is 62.9 Å². The molecule has 0 atom stereocenters. The Hall–Kier alpha value is -2.62. The van der Waals surface area contributed by atoms with Crippen LogP contribution in [-0.4, -0.2) is 16.5 Å². The zero-order chi connectivity index (χ0) is 18.9. The van der Waals surface area contributed by atoms with E-state index in [2.05, 4.69) is 46.1 Å². The summed E-state index contributed by atoms with van der Waals surface area (Å²) < 4.78 is 13.2. The van der Waals surface area contributed by atoms with E-state index >= 15 is 0 Å². The molecular weight excluding hydrogens is 337 g/mol. The van der Waals surface area contributed by atoms with E-state index in [1.165, 1.54) is 43.4 Å². The Kier molecular flexibility index (Phi) is 7.03. The molecule has 3 nitrogen and oxygen atoms in total. The number of aromatic amines is 1. The topological polar surface area (TPSA) is 31.9 Å². The van der Waals surface area contributed by atoms with Crippen LogP contribution in [0, 0.1) is 5.82 Å². The number of anilines is 1. The van der Waals surface area contributed by atoms with Gasteiger partial charge in [0.25, 0.3) is 0 Å². The van der Waals surface area contributed by atoms with Gasteiger partial charge in [-0.25, -0.2) is 9.37 Å². The molecule has 3 aromatic rings. The molecule has 1 heterocycles. The van der Waals surface area contributed by atoms with Crippen molar-refractivity contribution in [2.24, 2.45) is 0 Å². The van der Waals surface area contributed by atoms with Crippen LogP contribution in [0.25, 0.3) is 11.3 Å². The predicted molar refractivity (Wildman–Crippen MR) is 110 cm³/mol. The predicted octanol–water partition coefficient (Wildman–Crippen LogP) is 6.19. The Labute approximate surface area is 161 Å². The van der Waals surface area contributed by atoms with Crippen molar-refractivity contribution in [2.45, 2.75) is 45.6 Å². The summed E-state index contributed by atoms with van der Waals surface area (Å²) in [5.41, 5.74) is 3.12. The summed E-state index contributed by atoms with van der Waals surface area (Å²) >= 11 is 0. The zero-order valence-electron chi connectivity index (χ0n) is 16.0. The lowest BCUT2D eigenvalue weighted by molar-refractivity contribution is 0.613. The third kappa shape index (κ3) is 5.68. The number of nitrogens with one attached hydrogen (secondary N) is 1. The second-order valence-corrected chi connectivity index (χ2v) is 6.95. The van der Waals surface area contributed by atoms with Crippen LogP contribution in [0.4, 0.5) is 10.3 Å². The number of hydrogen-bond acceptors (Lipinski definition) is 2. The molecule has 0 saturated carbocycles. The highest BCUT2D eigenvalue weighted by atomic mass is 19.1. The van der Waals surface area contributed by atoms with Crippen molar-refractivity contribution in [2.75, 3.05) is 11.4 Å². The average Bonchev–Trinajstić information content (AvgIpc) is 3.18. The van der Waals surface area contributed by atoms with E-state index in [1.54, 1.807) is 12.1 Å². The molecule has 0 aliphatic heterocycles. The molecule has 0 aliphatic rings. The molecule has 0 bridgehead atoms. The van der Waals surface area contributed by atoms with Gasteiger partial charge in [0.1, 0.15) is 5.82 Å². The number of imidazole rings is 1. The first kappa shape index (κ1) is 19.2. The fourth-order valence-corrected chi connectivity index (χ4v) is 3.22. The van der Waals surface area contributed by atoms with Crippen molar-refractivity contribution in [3.63, 3.8) is 0 Å². The molecule has 0 unspecified atom stereocenters. The minimum Gasteiger partial charge on any atom is -0.338 e. The maximum Gasteiger partial charge on any atom is 0.203 e. The minimum atomic E-state index is -0.226. The summed E-state index contributed by atoms with van der Waals surface area (Å²) in [7, 11) is 0. The van der Waals surface area contributed by atoms with Gasteiger partial charge in [-0.15, -0.1) is 0 Å². The molecule has 0 fully saturated rings. The van der Waals surface area contributed by atoms with Gasteiger partial charge in [0.2, 0.25) is 5.95 Å². The second kappa shape index (κ2) is 9.91. The first-order valence-corrected chi connectivity index (χ1v) is 9.86. The molecule has 1 aromatic heterocycles. The molecule has 142 valence electrons. The van der Waals surface area contributed by atoms with Crippen LogP contribution >= 0.6 is 0 Å². The Morgan fingerprint density at radius 3 is 2.41 bits per heavy atom. The van der Waals surface area contributed by atoms with Gasteiger partial charge in [-0.05, 0) is 41.8 Å². The molecular formula is C23H28FN3. The van der Waals surface area contributed by atoms with Crippen LogP contribution in [0.5, 0.6) is 0 Å². The highest BCUT2D eigenvalue weighted by Crippen LogP contribution is 2.22. The summed E-state index contributed by atoms with van der Waals surface area (Å²) in [5.74, 6) is 0.643. The van der Waals surface area contributed by atoms with Gasteiger partial charge < -0.3 is 9.88 Å². The number of benzene rings is 2. The monoisotopic (exact) mass is 365 g/mol. The molecule has 0 radical (unpaired) electrons. The van der Waals surface area contributed by atoms with E-state index < -0.39 is 0 Å². The quantitative estimate of drug-likeness (QED) is 0.434. The van der Waals surface area contributed by atoms with Crippen molar-refractivity contribution in [3.8, 4) is 11.3 Å². The van der Waals surface area contributed by atoms with Crippen LogP contribution in [0.2, 0.25) is 0 Å². The maximum atomic E-state index is 13.2. The highest BCUT2D eigenvalue weighted by molar-refractivity contribution is 5.60. The van der Waals surface area contributed by atoms with Crippen molar-refractivity contribution in [3.05, 3.63) is 72.2 Å². The number of halogens is 1. The number of aromatic nitrogens is 2. The fourth-order valence-electron chi connectivity index (χ4n) is 3.22. The van der Waals surface area contributed by atoms with Crippen LogP contribution in [0.1, 0.15) is 44.6 Å². The molecule has 27 heavy (non-hydrogen) atoms. The lowest BCUT2D eigenvalue weighted by Crippen LogP contribution is -2.25. The SMILES string of the molecule is CCCCCCCN(Cc1ccccc1)c1ncc(-c2ccc(F)cc2)[nH]1. The smallest absolute Gasteiger partial charge is 0.203 e. The molecule has 2 aromatic carbocycles. The van der Waals surface area contributed by atoms with E-state index in [0.29, 0.717) is 0 Å². The number of nitrogens with zero attached hydrogens (tertiary/aromatic N) is 2. The van der Waals surface area contributed by atoms with Crippen molar-refractivity contribution < 1.29 is 4.39 Å². The van der Waals surface area contributed by atoms with Crippen molar-refractivity contribution in [1.29, 1.82) is 0 Å². The lowest BCUT2D eigenvalue weighted by atomic mass is 10.1. The highest BCUT2D eigenvalue weighted by Gasteiger charge is 2.12. The molecule has 4 heteroatoms. The first-order valence-electron chi connectivity index (χ1n) is 9.86. The number of unbranched alkanes of at least 4 members (excludes halogenated alkanes) is 4. The summed E-state index contributed by atoms with van der Waals surface area (Å²) in [6.07, 6.45) is 8.07. The van der Waals surface area contributed by atoms with Gasteiger partial charge in [0.05, 0.1) is 11.9 Å². The summed E-state index contributed by atoms with van der Waals surface area (Å²) in [6.45, 7) is 4.03. The normalized spacial score (nSPS) is 10.9. The average molecular weight is 365 g/mol. The molecule has 0 amide bonds. The molecule has 0 spiro atoms. The molecule has 1 N–H and O–H groups in total. The van der Waals surface area contributed by atoms with Gasteiger partial charge in [-0.3, -0.25) is 0 Å². The zero-order valence-corrected chi connectivity index (χ0v) is 16.0. The third-order valence-electron chi connectivity index (χ3n) is 4.77. The number of hydrogen-bond donors (Lipinski definition) is 1. The molecule has 3 rings (SSSR count). The van der Waals surface area contributed by atoms with Crippen LogP contribution in [-0.2, 0) is 6.54 Å². The largest absolute Gasteiger partial charge is 0.338 e. The molecule has 0 saturated heterocycles. The van der Waals surface area contributed by atoms with E-state index in [-0.39, 0.29) is 5.82 Å². The fraction of sp³-hybridized carbons (Fsp3) is 0.348. The Morgan fingerprint density at radius 1 is 0.926 bits per heavy atom. The van der Waals surface area contributed by atoms with Crippen LogP contribution < -0.4 is 4.90 Å². The van der Waals surface area contributed by atoms with E-state index in [0.717, 1.165) is 36.7 Å². The summed E-state index contributed by atoms with van der Waals surface area (Å²) in [4.78, 5) is 10.3. The van der Waals surface area contributed by atoms with Crippen molar-refractivity contribution in [1.82, 2.24) is 9.97 Å². The second-order valence-electron chi connectivity index (χ2n) is 6.95.